The van der Waals surface area contributed by atoms with E-state index < -0.39 is 16.6 Å². The molecule has 4 heteroatoms. The van der Waals surface area contributed by atoms with Gasteiger partial charge in [0.2, 0.25) is 0 Å². The zero-order valence-electron chi connectivity index (χ0n) is 22.7. The first-order chi connectivity index (χ1) is 15.6. The number of esters is 1. The minimum Gasteiger partial charge on any atom is -0.459 e. The number of carbonyl (C=O) groups excluding carboxylic acids is 1. The highest BCUT2D eigenvalue weighted by atomic mass is 16.6. The van der Waals surface area contributed by atoms with Crippen LogP contribution in [0.5, 0.6) is 0 Å². The summed E-state index contributed by atoms with van der Waals surface area (Å²) in [7, 11) is 0. The molecule has 0 aromatic carbocycles. The Hall–Kier alpha value is -0.870. The van der Waals surface area contributed by atoms with Gasteiger partial charge in [-0.05, 0) is 113 Å². The molecule has 0 aromatic heterocycles. The van der Waals surface area contributed by atoms with Gasteiger partial charge in [-0.2, -0.15) is 0 Å². The fraction of sp³-hybridized carbons (Fsp3) is 0.900. The summed E-state index contributed by atoms with van der Waals surface area (Å²) >= 11 is 0. The Morgan fingerprint density at radius 2 is 1.74 bits per heavy atom. The van der Waals surface area contributed by atoms with Gasteiger partial charge in [0.15, 0.2) is 0 Å². The van der Waals surface area contributed by atoms with E-state index in [0.29, 0.717) is 11.8 Å². The molecule has 5 rings (SSSR count). The number of hydrogen-bond donors (Lipinski definition) is 2. The smallest absolute Gasteiger partial charge is 0.313 e. The van der Waals surface area contributed by atoms with Crippen molar-refractivity contribution in [1.82, 2.24) is 0 Å². The van der Waals surface area contributed by atoms with Gasteiger partial charge in [0, 0.05) is 5.92 Å². The van der Waals surface area contributed by atoms with E-state index in [1.807, 2.05) is 13.8 Å². The van der Waals surface area contributed by atoms with Gasteiger partial charge >= 0.3 is 5.97 Å². The van der Waals surface area contributed by atoms with Crippen LogP contribution >= 0.6 is 0 Å². The molecule has 192 valence electrons. The lowest BCUT2D eigenvalue weighted by Crippen LogP contribution is -2.58. The van der Waals surface area contributed by atoms with Crippen LogP contribution in [0.3, 0.4) is 0 Å². The highest BCUT2D eigenvalue weighted by Crippen LogP contribution is 2.75. The maximum Gasteiger partial charge on any atom is 0.313 e. The van der Waals surface area contributed by atoms with Crippen LogP contribution < -0.4 is 0 Å². The summed E-state index contributed by atoms with van der Waals surface area (Å²) in [6.07, 6.45) is 11.8. The van der Waals surface area contributed by atoms with Crippen molar-refractivity contribution in [2.75, 3.05) is 0 Å². The van der Waals surface area contributed by atoms with Crippen LogP contribution in [0.2, 0.25) is 0 Å². The summed E-state index contributed by atoms with van der Waals surface area (Å²) in [6, 6.07) is 0. The fourth-order valence-corrected chi connectivity index (χ4v) is 10.2. The lowest BCUT2D eigenvalue weighted by molar-refractivity contribution is -0.163. The Kier molecular flexibility index (Phi) is 5.36. The van der Waals surface area contributed by atoms with Crippen LogP contribution in [0.25, 0.3) is 0 Å². The topological polar surface area (TPSA) is 66.8 Å². The minimum atomic E-state index is -0.682. The molecule has 2 N–H and O–H groups in total. The van der Waals surface area contributed by atoms with E-state index in [1.165, 1.54) is 0 Å². The molecule has 3 saturated carbocycles. The molecule has 4 fully saturated rings. The normalized spacial score (nSPS) is 49.4. The van der Waals surface area contributed by atoms with Crippen LogP contribution in [-0.2, 0) is 9.53 Å². The summed E-state index contributed by atoms with van der Waals surface area (Å²) in [6.45, 7) is 15.3. The third kappa shape index (κ3) is 3.06. The van der Waals surface area contributed by atoms with Crippen LogP contribution in [0.1, 0.15) is 113 Å². The number of aliphatic hydroxyl groups excluding tert-OH is 1. The Morgan fingerprint density at radius 1 is 1.03 bits per heavy atom. The number of ether oxygens (including phenoxy) is 1. The van der Waals surface area contributed by atoms with Crippen LogP contribution in [0, 0.1) is 39.4 Å². The molecule has 0 amide bonds. The zero-order chi connectivity index (χ0) is 24.9. The van der Waals surface area contributed by atoms with Crippen molar-refractivity contribution in [3.8, 4) is 0 Å². The summed E-state index contributed by atoms with van der Waals surface area (Å²) < 4.78 is 6.33. The number of aliphatic hydroxyl groups is 2. The first-order valence-electron chi connectivity index (χ1n) is 14.0. The van der Waals surface area contributed by atoms with Gasteiger partial charge in [-0.25, -0.2) is 0 Å². The van der Waals surface area contributed by atoms with Gasteiger partial charge in [-0.15, -0.1) is 0 Å². The average Bonchev–Trinajstić information content (AvgIpc) is 3.15. The molecule has 34 heavy (non-hydrogen) atoms. The fourth-order valence-electron chi connectivity index (χ4n) is 10.2. The van der Waals surface area contributed by atoms with Crippen LogP contribution in [0.4, 0.5) is 0 Å². The second-order valence-electron chi connectivity index (χ2n) is 14.7. The van der Waals surface area contributed by atoms with Crippen molar-refractivity contribution in [3.05, 3.63) is 11.6 Å². The van der Waals surface area contributed by atoms with Crippen molar-refractivity contribution in [2.45, 2.75) is 130 Å². The lowest BCUT2D eigenvalue weighted by Gasteiger charge is -2.63. The molecule has 1 spiro atoms. The quantitative estimate of drug-likeness (QED) is 0.378. The van der Waals surface area contributed by atoms with Gasteiger partial charge in [-0.1, -0.05) is 39.3 Å². The largest absolute Gasteiger partial charge is 0.459 e. The third-order valence-corrected chi connectivity index (χ3v) is 12.1. The zero-order valence-corrected chi connectivity index (χ0v) is 22.7. The van der Waals surface area contributed by atoms with Gasteiger partial charge in [-0.3, -0.25) is 4.79 Å². The molecule has 4 nitrogen and oxygen atoms in total. The van der Waals surface area contributed by atoms with Crippen LogP contribution in [0.15, 0.2) is 11.6 Å². The molecule has 1 aliphatic heterocycles. The molecule has 1 saturated heterocycles. The first kappa shape index (κ1) is 24.8. The molecule has 8 atom stereocenters. The number of carbonyl (C=O) groups is 1. The Labute approximate surface area is 206 Å². The predicted octanol–water partition coefficient (Wildman–Crippen LogP) is 6.19. The van der Waals surface area contributed by atoms with Crippen molar-refractivity contribution < 1.29 is 19.7 Å². The number of rotatable bonds is 4. The summed E-state index contributed by atoms with van der Waals surface area (Å²) in [5.41, 5.74) is 0.0764. The summed E-state index contributed by atoms with van der Waals surface area (Å²) in [5, 5.41) is 21.0. The number of hydrogen-bond acceptors (Lipinski definition) is 4. The Balaban J connectivity index is 1.49. The minimum absolute atomic E-state index is 0.0465. The highest BCUT2D eigenvalue weighted by molar-refractivity contribution is 5.83. The van der Waals surface area contributed by atoms with Crippen molar-refractivity contribution >= 4 is 5.97 Å². The second-order valence-corrected chi connectivity index (χ2v) is 14.7. The number of allylic oxidation sites excluding steroid dienone is 2. The number of fused-ring (bicyclic) bond motifs is 4. The SMILES string of the molecule is CC(C)(O)CCC[C@]1(C)OC(=O)C23CC=C4[C@H](CCC5C(C)(C)C(O)CC[C@]45C)[C@]2(C)CC[C@@H]31. The van der Waals surface area contributed by atoms with Gasteiger partial charge < -0.3 is 14.9 Å². The molecular formula is C30H48O4. The van der Waals surface area contributed by atoms with Gasteiger partial charge in [0.25, 0.3) is 0 Å². The Morgan fingerprint density at radius 3 is 2.41 bits per heavy atom. The van der Waals surface area contributed by atoms with E-state index in [9.17, 15) is 15.0 Å². The van der Waals surface area contributed by atoms with E-state index in [0.717, 1.165) is 64.2 Å². The standard InChI is InChI=1S/C30H48O4/c1-25(2,33)14-8-15-29(7)22-12-17-28(6)20-9-10-21-26(3,4)23(31)13-16-27(21,5)19(20)11-18-30(22,28)24(32)34-29/h11,20-23,31,33H,8-10,12-18H2,1-7H3/t20-,21?,22+,23?,27+,28-,29-,30?/m0/s1. The third-order valence-electron chi connectivity index (χ3n) is 12.1. The van der Waals surface area contributed by atoms with Crippen molar-refractivity contribution in [2.24, 2.45) is 39.4 Å². The monoisotopic (exact) mass is 472 g/mol. The first-order valence-corrected chi connectivity index (χ1v) is 14.0. The summed E-state index contributed by atoms with van der Waals surface area (Å²) in [5.74, 6) is 1.23. The molecule has 0 bridgehead atoms. The van der Waals surface area contributed by atoms with Gasteiger partial charge in [0.1, 0.15) is 5.60 Å². The Bertz CT molecular complexity index is 898. The highest BCUT2D eigenvalue weighted by Gasteiger charge is 2.75. The lowest BCUT2D eigenvalue weighted by atomic mass is 9.41. The van der Waals surface area contributed by atoms with Crippen LogP contribution in [-0.4, -0.2) is 33.5 Å². The van der Waals surface area contributed by atoms with E-state index >= 15 is 0 Å². The van der Waals surface area contributed by atoms with E-state index in [2.05, 4.69) is 40.7 Å². The van der Waals surface area contributed by atoms with E-state index in [-0.39, 0.29) is 34.2 Å². The van der Waals surface area contributed by atoms with E-state index in [4.69, 9.17) is 4.74 Å². The average molecular weight is 473 g/mol. The van der Waals surface area contributed by atoms with E-state index in [1.54, 1.807) is 5.57 Å². The molecule has 1 heterocycles. The van der Waals surface area contributed by atoms with Gasteiger partial charge in [0.05, 0.1) is 17.1 Å². The molecule has 5 aliphatic rings. The molecule has 0 radical (unpaired) electrons. The summed E-state index contributed by atoms with van der Waals surface area (Å²) in [4.78, 5) is 13.8. The number of cyclic esters (lactones) is 1. The predicted molar refractivity (Wildman–Crippen MR) is 134 cm³/mol. The molecule has 0 aromatic rings. The maximum atomic E-state index is 13.8. The molecule has 4 aliphatic carbocycles. The second kappa shape index (κ2) is 7.34. The molecule has 3 unspecified atom stereocenters. The van der Waals surface area contributed by atoms with Crippen molar-refractivity contribution in [1.29, 1.82) is 0 Å². The maximum absolute atomic E-state index is 13.8. The van der Waals surface area contributed by atoms with Crippen molar-refractivity contribution in [3.63, 3.8) is 0 Å². The molecular weight excluding hydrogens is 424 g/mol.